The van der Waals surface area contributed by atoms with Crippen LogP contribution in [-0.4, -0.2) is 37.2 Å². The molecule has 0 amide bonds. The second-order valence-electron chi connectivity index (χ2n) is 14.6. The fraction of sp³-hybridized carbons (Fsp3) is 0.694. The lowest BCUT2D eigenvalue weighted by Gasteiger charge is -2.18. The minimum atomic E-state index is -0.797. The highest BCUT2D eigenvalue weighted by atomic mass is 16.6. The largest absolute Gasteiger partial charge is 0.462 e. The summed E-state index contributed by atoms with van der Waals surface area (Å²) in [6, 6.07) is 0. The van der Waals surface area contributed by atoms with E-state index in [0.29, 0.717) is 19.3 Å². The fourth-order valence-corrected chi connectivity index (χ4v) is 5.82. The summed E-state index contributed by atoms with van der Waals surface area (Å²) in [5, 5.41) is 0. The van der Waals surface area contributed by atoms with Crippen LogP contribution in [0.15, 0.2) is 72.9 Å². The maximum Gasteiger partial charge on any atom is 0.306 e. The zero-order valence-corrected chi connectivity index (χ0v) is 35.7. The fourth-order valence-electron chi connectivity index (χ4n) is 5.82. The number of carbonyl (C=O) groups is 3. The van der Waals surface area contributed by atoms with Gasteiger partial charge in [0, 0.05) is 19.3 Å². The quantitative estimate of drug-likeness (QED) is 0.0268. The number of carbonyl (C=O) groups excluding carboxylic acids is 3. The van der Waals surface area contributed by atoms with Gasteiger partial charge in [-0.25, -0.2) is 0 Å². The molecule has 0 bridgehead atoms. The van der Waals surface area contributed by atoms with Crippen LogP contribution in [0.3, 0.4) is 0 Å². The molecule has 0 fully saturated rings. The first-order chi connectivity index (χ1) is 27.0. The van der Waals surface area contributed by atoms with Crippen LogP contribution >= 0.6 is 0 Å². The smallest absolute Gasteiger partial charge is 0.306 e. The summed E-state index contributed by atoms with van der Waals surface area (Å²) in [5.74, 6) is -0.978. The van der Waals surface area contributed by atoms with Crippen molar-refractivity contribution in [2.45, 2.75) is 207 Å². The van der Waals surface area contributed by atoms with E-state index in [-0.39, 0.29) is 37.5 Å². The molecule has 0 N–H and O–H groups in total. The summed E-state index contributed by atoms with van der Waals surface area (Å²) in [6.07, 6.45) is 53.2. The second-order valence-corrected chi connectivity index (χ2v) is 14.6. The van der Waals surface area contributed by atoms with E-state index in [0.717, 1.165) is 89.9 Å². The van der Waals surface area contributed by atoms with Crippen LogP contribution < -0.4 is 0 Å². The predicted molar refractivity (Wildman–Crippen MR) is 233 cm³/mol. The monoisotopic (exact) mass is 767 g/mol. The molecular formula is C49H82O6. The van der Waals surface area contributed by atoms with Gasteiger partial charge in [0.25, 0.3) is 0 Å². The molecule has 6 heteroatoms. The maximum absolute atomic E-state index is 12.7. The molecule has 0 saturated heterocycles. The normalized spacial score (nSPS) is 12.7. The topological polar surface area (TPSA) is 78.9 Å². The first kappa shape index (κ1) is 51.9. The van der Waals surface area contributed by atoms with Crippen LogP contribution in [0, 0.1) is 0 Å². The summed E-state index contributed by atoms with van der Waals surface area (Å²) < 4.78 is 16.6. The first-order valence-electron chi connectivity index (χ1n) is 22.4. The van der Waals surface area contributed by atoms with Crippen LogP contribution in [0.25, 0.3) is 0 Å². The Morgan fingerprint density at radius 3 is 1.24 bits per heavy atom. The van der Waals surface area contributed by atoms with E-state index >= 15 is 0 Å². The minimum absolute atomic E-state index is 0.0964. The molecule has 0 saturated carbocycles. The van der Waals surface area contributed by atoms with Gasteiger partial charge >= 0.3 is 17.9 Å². The van der Waals surface area contributed by atoms with Gasteiger partial charge in [0.2, 0.25) is 0 Å². The number of hydrogen-bond donors (Lipinski definition) is 0. The van der Waals surface area contributed by atoms with Crippen LogP contribution in [0.5, 0.6) is 0 Å². The SMILES string of the molecule is CC/C=C\C/C=C\C/C=C\C/C=C\C/C=C\CCCC(=O)OCC(COC(=O)CCCCCCCCCC)OC(=O)CCCCCCC/C=C\CCCCC. The molecule has 0 radical (unpaired) electrons. The Balaban J connectivity index is 4.45. The van der Waals surface area contributed by atoms with Gasteiger partial charge in [-0.2, -0.15) is 0 Å². The van der Waals surface area contributed by atoms with E-state index in [9.17, 15) is 14.4 Å². The lowest BCUT2D eigenvalue weighted by Crippen LogP contribution is -2.30. The van der Waals surface area contributed by atoms with Crippen molar-refractivity contribution in [3.63, 3.8) is 0 Å². The summed E-state index contributed by atoms with van der Waals surface area (Å²) in [4.78, 5) is 37.6. The number of esters is 3. The van der Waals surface area contributed by atoms with Gasteiger partial charge in [0.1, 0.15) is 13.2 Å². The van der Waals surface area contributed by atoms with Crippen molar-refractivity contribution in [3.05, 3.63) is 72.9 Å². The average molecular weight is 767 g/mol. The van der Waals surface area contributed by atoms with E-state index in [1.807, 2.05) is 0 Å². The van der Waals surface area contributed by atoms with Gasteiger partial charge in [0.15, 0.2) is 6.10 Å². The van der Waals surface area contributed by atoms with E-state index < -0.39 is 6.10 Å². The molecule has 0 aliphatic rings. The summed E-state index contributed by atoms with van der Waals surface area (Å²) in [6.45, 7) is 6.39. The molecule has 0 aromatic rings. The van der Waals surface area contributed by atoms with Gasteiger partial charge < -0.3 is 14.2 Å². The Bertz CT molecular complexity index is 1070. The number of unbranched alkanes of at least 4 members (excludes halogenated alkanes) is 16. The highest BCUT2D eigenvalue weighted by molar-refractivity contribution is 5.71. The molecule has 0 aliphatic heterocycles. The summed E-state index contributed by atoms with van der Waals surface area (Å²) >= 11 is 0. The van der Waals surface area contributed by atoms with E-state index in [4.69, 9.17) is 14.2 Å². The van der Waals surface area contributed by atoms with Crippen molar-refractivity contribution in [1.82, 2.24) is 0 Å². The van der Waals surface area contributed by atoms with Gasteiger partial charge in [-0.15, -0.1) is 0 Å². The molecule has 55 heavy (non-hydrogen) atoms. The Hall–Kier alpha value is -3.15. The lowest BCUT2D eigenvalue weighted by atomic mass is 10.1. The van der Waals surface area contributed by atoms with Crippen LogP contribution in [0.1, 0.15) is 201 Å². The Kier molecular flexibility index (Phi) is 41.1. The van der Waals surface area contributed by atoms with E-state index in [1.165, 1.54) is 64.2 Å². The average Bonchev–Trinajstić information content (AvgIpc) is 3.18. The molecule has 0 heterocycles. The molecule has 0 aliphatic carbocycles. The summed E-state index contributed by atoms with van der Waals surface area (Å²) in [5.41, 5.74) is 0. The van der Waals surface area contributed by atoms with Crippen LogP contribution in [-0.2, 0) is 28.6 Å². The van der Waals surface area contributed by atoms with Crippen LogP contribution in [0.2, 0.25) is 0 Å². The molecule has 0 aromatic heterocycles. The molecule has 0 aromatic carbocycles. The molecule has 314 valence electrons. The maximum atomic E-state index is 12.7. The van der Waals surface area contributed by atoms with Crippen molar-refractivity contribution < 1.29 is 28.6 Å². The van der Waals surface area contributed by atoms with Crippen molar-refractivity contribution in [2.24, 2.45) is 0 Å². The Labute approximate surface area is 338 Å². The zero-order chi connectivity index (χ0) is 40.1. The van der Waals surface area contributed by atoms with Gasteiger partial charge in [-0.3, -0.25) is 14.4 Å². The highest BCUT2D eigenvalue weighted by Gasteiger charge is 2.19. The third-order valence-electron chi connectivity index (χ3n) is 9.20. The molecule has 1 atom stereocenters. The first-order valence-corrected chi connectivity index (χ1v) is 22.4. The second kappa shape index (κ2) is 43.6. The van der Waals surface area contributed by atoms with Crippen molar-refractivity contribution in [1.29, 1.82) is 0 Å². The molecule has 0 rings (SSSR count). The number of hydrogen-bond acceptors (Lipinski definition) is 6. The van der Waals surface area contributed by atoms with Crippen LogP contribution in [0.4, 0.5) is 0 Å². The molecule has 6 nitrogen and oxygen atoms in total. The van der Waals surface area contributed by atoms with Gasteiger partial charge in [-0.05, 0) is 83.5 Å². The zero-order valence-electron chi connectivity index (χ0n) is 35.7. The van der Waals surface area contributed by atoms with E-state index in [2.05, 4.69) is 93.7 Å². The number of ether oxygens (including phenoxy) is 3. The molecule has 0 spiro atoms. The third kappa shape index (κ3) is 41.8. The number of rotatable bonds is 39. The molecule has 1 unspecified atom stereocenters. The lowest BCUT2D eigenvalue weighted by molar-refractivity contribution is -0.167. The van der Waals surface area contributed by atoms with Crippen molar-refractivity contribution in [3.8, 4) is 0 Å². The number of allylic oxidation sites excluding steroid dienone is 12. The standard InChI is InChI=1S/C49H82O6/c1-4-7-10-13-16-19-21-23-24-25-26-27-29-30-33-36-39-42-48(51)54-45-46(44-53-47(50)41-38-35-32-18-15-12-9-6-3)55-49(52)43-40-37-34-31-28-22-20-17-14-11-8-5-2/h7,10,16-17,19-20,23-24,26-27,30,33,46H,4-6,8-9,11-15,18,21-22,25,28-29,31-32,34-45H2,1-3H3/b10-7-,19-16-,20-17-,24-23-,27-26-,33-30-. The molecular weight excluding hydrogens is 685 g/mol. The predicted octanol–water partition coefficient (Wildman–Crippen LogP) is 14.3. The third-order valence-corrected chi connectivity index (χ3v) is 9.20. The van der Waals surface area contributed by atoms with Crippen molar-refractivity contribution >= 4 is 17.9 Å². The summed E-state index contributed by atoms with van der Waals surface area (Å²) in [7, 11) is 0. The van der Waals surface area contributed by atoms with Gasteiger partial charge in [-0.1, -0.05) is 171 Å². The van der Waals surface area contributed by atoms with Gasteiger partial charge in [0.05, 0.1) is 0 Å². The Morgan fingerprint density at radius 1 is 0.382 bits per heavy atom. The minimum Gasteiger partial charge on any atom is -0.462 e. The van der Waals surface area contributed by atoms with E-state index in [1.54, 1.807) is 0 Å². The van der Waals surface area contributed by atoms with Crippen molar-refractivity contribution in [2.75, 3.05) is 13.2 Å². The Morgan fingerprint density at radius 2 is 0.727 bits per heavy atom. The highest BCUT2D eigenvalue weighted by Crippen LogP contribution is 2.12.